The van der Waals surface area contributed by atoms with Gasteiger partial charge in [-0.25, -0.2) is 4.79 Å². The number of carbonyl (C=O) groups excluding carboxylic acids is 1. The van der Waals surface area contributed by atoms with E-state index in [-0.39, 0.29) is 24.0 Å². The number of nitrogens with zero attached hydrogens (tertiary/aromatic N) is 1. The highest BCUT2D eigenvalue weighted by molar-refractivity contribution is 7.54. The number of hydrogen-bond donors (Lipinski definition) is 1. The van der Waals surface area contributed by atoms with Crippen molar-refractivity contribution in [1.82, 2.24) is 5.06 Å². The molecule has 162 valence electrons. The first-order valence-corrected chi connectivity index (χ1v) is 11.3. The third-order valence-corrected chi connectivity index (χ3v) is 6.57. The van der Waals surface area contributed by atoms with Crippen molar-refractivity contribution in [3.63, 3.8) is 0 Å². The van der Waals surface area contributed by atoms with E-state index in [0.717, 1.165) is 11.1 Å². The van der Waals surface area contributed by atoms with Gasteiger partial charge in [-0.3, -0.25) is 9.77 Å². The normalized spacial score (nSPS) is 12.2. The predicted molar refractivity (Wildman–Crippen MR) is 116 cm³/mol. The third-order valence-electron chi connectivity index (χ3n) is 4.45. The van der Waals surface area contributed by atoms with Gasteiger partial charge in [-0.2, -0.15) is 5.06 Å². The van der Waals surface area contributed by atoms with Gasteiger partial charge in [-0.15, -0.1) is 0 Å². The maximum Gasteiger partial charge on any atom is 0.440 e. The maximum absolute atomic E-state index is 13.6. The standard InChI is InChI=1S/C23H24NO6P/c1-19(24(26)23(25)30-22-15-9-4-10-16-22)31(27,28-17-20-11-5-2-6-12-20)29-18-21-13-7-3-8-14-21/h2-16,19,26H,17-18H2,1H3. The first-order chi connectivity index (χ1) is 15.0. The summed E-state index contributed by atoms with van der Waals surface area (Å²) < 4.78 is 30.0. The Bertz CT molecular complexity index is 953. The average Bonchev–Trinajstić information content (AvgIpc) is 2.82. The van der Waals surface area contributed by atoms with Crippen molar-refractivity contribution in [3.05, 3.63) is 102 Å². The number of hydrogen-bond acceptors (Lipinski definition) is 6. The van der Waals surface area contributed by atoms with E-state index in [1.807, 2.05) is 60.7 Å². The van der Waals surface area contributed by atoms with Crippen LogP contribution in [0.2, 0.25) is 0 Å². The predicted octanol–water partition coefficient (Wildman–Crippen LogP) is 5.85. The molecular formula is C23H24NO6P. The van der Waals surface area contributed by atoms with E-state index in [0.29, 0.717) is 0 Å². The van der Waals surface area contributed by atoms with Crippen molar-refractivity contribution < 1.29 is 28.4 Å². The zero-order valence-electron chi connectivity index (χ0n) is 17.0. The zero-order valence-corrected chi connectivity index (χ0v) is 17.9. The topological polar surface area (TPSA) is 85.3 Å². The van der Waals surface area contributed by atoms with Crippen LogP contribution in [0.25, 0.3) is 0 Å². The van der Waals surface area contributed by atoms with Crippen LogP contribution in [-0.2, 0) is 26.8 Å². The van der Waals surface area contributed by atoms with E-state index in [9.17, 15) is 14.6 Å². The number of para-hydroxylation sites is 1. The van der Waals surface area contributed by atoms with Gasteiger partial charge >= 0.3 is 13.7 Å². The van der Waals surface area contributed by atoms with Crippen molar-refractivity contribution in [1.29, 1.82) is 0 Å². The highest BCUT2D eigenvalue weighted by atomic mass is 31.2. The van der Waals surface area contributed by atoms with Gasteiger partial charge < -0.3 is 13.8 Å². The third kappa shape index (κ3) is 6.51. The average molecular weight is 441 g/mol. The minimum absolute atomic E-state index is 0.0151. The van der Waals surface area contributed by atoms with E-state index >= 15 is 0 Å². The molecule has 7 nitrogen and oxygen atoms in total. The molecule has 1 unspecified atom stereocenters. The van der Waals surface area contributed by atoms with Crippen molar-refractivity contribution in [2.45, 2.75) is 25.9 Å². The SMILES string of the molecule is CC(N(O)C(=O)Oc1ccccc1)P(=O)(OCc1ccccc1)OCc1ccccc1. The van der Waals surface area contributed by atoms with E-state index in [1.165, 1.54) is 6.92 Å². The highest BCUT2D eigenvalue weighted by Crippen LogP contribution is 2.55. The monoisotopic (exact) mass is 441 g/mol. The Labute approximate surface area is 181 Å². The fraction of sp³-hybridized carbons (Fsp3) is 0.174. The molecule has 31 heavy (non-hydrogen) atoms. The van der Waals surface area contributed by atoms with Gasteiger partial charge in [0.25, 0.3) is 0 Å². The van der Waals surface area contributed by atoms with Crippen molar-refractivity contribution in [2.75, 3.05) is 0 Å². The highest BCUT2D eigenvalue weighted by Gasteiger charge is 2.40. The molecule has 0 aliphatic heterocycles. The maximum atomic E-state index is 13.6. The van der Waals surface area contributed by atoms with Crippen LogP contribution in [0.1, 0.15) is 18.1 Å². The second kappa shape index (κ2) is 10.9. The molecule has 0 aromatic heterocycles. The van der Waals surface area contributed by atoms with Crippen molar-refractivity contribution >= 4 is 13.7 Å². The van der Waals surface area contributed by atoms with Crippen LogP contribution >= 0.6 is 7.60 Å². The summed E-state index contributed by atoms with van der Waals surface area (Å²) in [4.78, 5) is 12.4. The van der Waals surface area contributed by atoms with Gasteiger partial charge in [-0.1, -0.05) is 78.9 Å². The molecule has 0 saturated heterocycles. The van der Waals surface area contributed by atoms with Crippen molar-refractivity contribution in [3.8, 4) is 5.75 Å². The van der Waals surface area contributed by atoms with Crippen LogP contribution < -0.4 is 4.74 Å². The molecule has 1 amide bonds. The number of rotatable bonds is 9. The van der Waals surface area contributed by atoms with E-state index in [2.05, 4.69) is 0 Å². The molecule has 0 spiro atoms. The van der Waals surface area contributed by atoms with Gasteiger partial charge in [0.15, 0.2) is 5.78 Å². The Morgan fingerprint density at radius 2 is 1.26 bits per heavy atom. The molecule has 8 heteroatoms. The molecule has 1 N–H and O–H groups in total. The quantitative estimate of drug-likeness (QED) is 0.255. The van der Waals surface area contributed by atoms with Gasteiger partial charge in [0.1, 0.15) is 5.75 Å². The lowest BCUT2D eigenvalue weighted by molar-refractivity contribution is -0.0753. The first kappa shape index (κ1) is 22.7. The minimum Gasteiger partial charge on any atom is -0.409 e. The molecule has 0 radical (unpaired) electrons. The Kier molecular flexibility index (Phi) is 7.98. The van der Waals surface area contributed by atoms with Crippen LogP contribution in [0.4, 0.5) is 4.79 Å². The first-order valence-electron chi connectivity index (χ1n) is 9.69. The summed E-state index contributed by atoms with van der Waals surface area (Å²) in [5, 5.41) is 10.6. The minimum atomic E-state index is -3.98. The Morgan fingerprint density at radius 1 is 0.839 bits per heavy atom. The van der Waals surface area contributed by atoms with E-state index in [4.69, 9.17) is 13.8 Å². The van der Waals surface area contributed by atoms with Gasteiger partial charge in [-0.05, 0) is 30.2 Å². The molecule has 0 saturated carbocycles. The molecule has 3 aromatic rings. The Balaban J connectivity index is 1.74. The zero-order chi connectivity index (χ0) is 22.1. The molecule has 3 rings (SSSR count). The fourth-order valence-corrected chi connectivity index (χ4v) is 4.18. The molecule has 0 bridgehead atoms. The summed E-state index contributed by atoms with van der Waals surface area (Å²) in [5.41, 5.74) is 1.55. The lowest BCUT2D eigenvalue weighted by atomic mass is 10.2. The van der Waals surface area contributed by atoms with E-state index < -0.39 is 19.5 Å². The number of amides is 1. The molecule has 3 aromatic carbocycles. The van der Waals surface area contributed by atoms with Gasteiger partial charge in [0.05, 0.1) is 13.2 Å². The molecule has 0 heterocycles. The van der Waals surface area contributed by atoms with Crippen LogP contribution in [-0.4, -0.2) is 22.1 Å². The van der Waals surface area contributed by atoms with Gasteiger partial charge in [0, 0.05) is 0 Å². The van der Waals surface area contributed by atoms with E-state index in [1.54, 1.807) is 30.3 Å². The Morgan fingerprint density at radius 3 is 1.71 bits per heavy atom. The molecule has 1 atom stereocenters. The lowest BCUT2D eigenvalue weighted by Crippen LogP contribution is -2.38. The van der Waals surface area contributed by atoms with Crippen LogP contribution in [0.3, 0.4) is 0 Å². The molecule has 0 fully saturated rings. The second-order valence-corrected chi connectivity index (χ2v) is 9.06. The summed E-state index contributed by atoms with van der Waals surface area (Å²) in [6.07, 6.45) is -1.09. The Hall–Kier alpha value is -2.96. The van der Waals surface area contributed by atoms with Gasteiger partial charge in [0.2, 0.25) is 0 Å². The molecular weight excluding hydrogens is 417 g/mol. The number of ether oxygens (including phenoxy) is 1. The molecule has 0 aliphatic rings. The smallest absolute Gasteiger partial charge is 0.409 e. The largest absolute Gasteiger partial charge is 0.440 e. The second-order valence-electron chi connectivity index (χ2n) is 6.72. The summed E-state index contributed by atoms with van der Waals surface area (Å²) in [5.74, 6) is -1.07. The number of hydroxylamine groups is 2. The summed E-state index contributed by atoms with van der Waals surface area (Å²) in [6, 6.07) is 26.5. The summed E-state index contributed by atoms with van der Waals surface area (Å²) >= 11 is 0. The van der Waals surface area contributed by atoms with Crippen LogP contribution in [0, 0.1) is 0 Å². The summed E-state index contributed by atoms with van der Waals surface area (Å²) in [6.45, 7) is 1.35. The summed E-state index contributed by atoms with van der Waals surface area (Å²) in [7, 11) is -3.98. The lowest BCUT2D eigenvalue weighted by Gasteiger charge is -2.29. The fourth-order valence-electron chi connectivity index (χ4n) is 2.65. The van der Waals surface area contributed by atoms with Crippen LogP contribution in [0.5, 0.6) is 5.75 Å². The van der Waals surface area contributed by atoms with Crippen LogP contribution in [0.15, 0.2) is 91.0 Å². The van der Waals surface area contributed by atoms with Crippen molar-refractivity contribution in [2.24, 2.45) is 0 Å². The molecule has 0 aliphatic carbocycles. The number of benzene rings is 3. The number of carbonyl (C=O) groups is 1.